The molecule has 0 saturated heterocycles. The standard InChI is InChI=1S/C56H104NO8P/c1-3-5-7-9-11-13-15-17-19-20-21-22-23-24-25-26-27-28-29-30-31-32-33-34-35-37-39-41-43-45-47-49-56(59)65-54(53-64-66(60,61)63-51-50-57)52-62-55(58)48-46-44-42-40-38-36-18-16-14-12-10-8-6-4-2/h10,12,15-18,20-21,54H,3-9,11,13-14,19,22-53,57H2,1-2H3,(H,60,61)/b12-10-,17-15-,18-16-,21-20-. The fourth-order valence-corrected chi connectivity index (χ4v) is 8.57. The first kappa shape index (κ1) is 64.0. The minimum atomic E-state index is -4.39. The molecule has 0 amide bonds. The molecular formula is C56H104NO8P. The number of phosphoric ester groups is 1. The summed E-state index contributed by atoms with van der Waals surface area (Å²) in [5, 5.41) is 0. The predicted octanol–water partition coefficient (Wildman–Crippen LogP) is 17.0. The molecule has 0 aliphatic heterocycles. The highest BCUT2D eigenvalue weighted by atomic mass is 31.2. The number of rotatable bonds is 52. The predicted molar refractivity (Wildman–Crippen MR) is 280 cm³/mol. The Morgan fingerprint density at radius 3 is 1.20 bits per heavy atom. The molecule has 66 heavy (non-hydrogen) atoms. The van der Waals surface area contributed by atoms with Crippen LogP contribution in [0.5, 0.6) is 0 Å². The molecule has 3 N–H and O–H groups in total. The van der Waals surface area contributed by atoms with E-state index in [1.807, 2.05) is 0 Å². The SMILES string of the molecule is CCCC/C=C\C/C=C\CCCCCCCC(=O)OCC(COP(=O)(O)OCCN)OC(=O)CCCCCCCCCCCCCCCCCCCCC/C=C\C/C=C\CCCCCCC. The summed E-state index contributed by atoms with van der Waals surface area (Å²) >= 11 is 0. The van der Waals surface area contributed by atoms with Crippen molar-refractivity contribution in [2.24, 2.45) is 5.73 Å². The maximum atomic E-state index is 12.7. The van der Waals surface area contributed by atoms with Gasteiger partial charge in [-0.25, -0.2) is 4.57 Å². The van der Waals surface area contributed by atoms with Crippen LogP contribution in [0.4, 0.5) is 0 Å². The molecule has 0 radical (unpaired) electrons. The first-order chi connectivity index (χ1) is 32.3. The van der Waals surface area contributed by atoms with Gasteiger partial charge in [0.05, 0.1) is 13.2 Å². The molecule has 2 unspecified atom stereocenters. The molecule has 0 rings (SSSR count). The minimum Gasteiger partial charge on any atom is -0.462 e. The third kappa shape index (κ3) is 51.4. The zero-order chi connectivity index (χ0) is 48.1. The summed E-state index contributed by atoms with van der Waals surface area (Å²) in [5.74, 6) is -0.836. The van der Waals surface area contributed by atoms with Gasteiger partial charge in [0.1, 0.15) is 6.61 Å². The minimum absolute atomic E-state index is 0.0515. The first-order valence-corrected chi connectivity index (χ1v) is 29.1. The van der Waals surface area contributed by atoms with Crippen molar-refractivity contribution in [2.45, 2.75) is 270 Å². The van der Waals surface area contributed by atoms with Gasteiger partial charge in [-0.15, -0.1) is 0 Å². The van der Waals surface area contributed by atoms with Crippen LogP contribution in [0.15, 0.2) is 48.6 Å². The van der Waals surface area contributed by atoms with Crippen molar-refractivity contribution in [3.05, 3.63) is 48.6 Å². The Morgan fingerprint density at radius 2 is 0.803 bits per heavy atom. The third-order valence-corrected chi connectivity index (χ3v) is 12.9. The van der Waals surface area contributed by atoms with Gasteiger partial charge in [0.15, 0.2) is 6.10 Å². The van der Waals surface area contributed by atoms with Crippen LogP contribution in [0.3, 0.4) is 0 Å². The summed E-state index contributed by atoms with van der Waals surface area (Å²) < 4.78 is 32.9. The van der Waals surface area contributed by atoms with Crippen LogP contribution < -0.4 is 5.73 Å². The van der Waals surface area contributed by atoms with Crippen molar-refractivity contribution in [1.29, 1.82) is 0 Å². The lowest BCUT2D eigenvalue weighted by Crippen LogP contribution is -2.29. The highest BCUT2D eigenvalue weighted by Gasteiger charge is 2.26. The lowest BCUT2D eigenvalue weighted by molar-refractivity contribution is -0.161. The summed E-state index contributed by atoms with van der Waals surface area (Å²) in [6, 6.07) is 0. The van der Waals surface area contributed by atoms with Crippen LogP contribution in [-0.2, 0) is 32.7 Å². The normalized spacial score (nSPS) is 13.5. The Kier molecular flexibility index (Phi) is 50.7. The fourth-order valence-electron chi connectivity index (χ4n) is 7.80. The molecule has 0 spiro atoms. The Hall–Kier alpha value is -2.03. The number of phosphoric acid groups is 1. The number of hydrogen-bond donors (Lipinski definition) is 2. The number of ether oxygens (including phenoxy) is 2. The van der Waals surface area contributed by atoms with E-state index in [0.717, 1.165) is 64.2 Å². The molecule has 0 saturated carbocycles. The molecule has 0 aliphatic carbocycles. The smallest absolute Gasteiger partial charge is 0.462 e. The lowest BCUT2D eigenvalue weighted by Gasteiger charge is -2.19. The second-order valence-electron chi connectivity index (χ2n) is 18.4. The molecule has 0 bridgehead atoms. The van der Waals surface area contributed by atoms with Gasteiger partial charge in [0, 0.05) is 19.4 Å². The quantitative estimate of drug-likeness (QED) is 0.0264. The topological polar surface area (TPSA) is 134 Å². The molecule has 386 valence electrons. The van der Waals surface area contributed by atoms with E-state index in [1.54, 1.807) is 0 Å². The van der Waals surface area contributed by atoms with E-state index < -0.39 is 32.5 Å². The second-order valence-corrected chi connectivity index (χ2v) is 19.9. The number of carbonyl (C=O) groups excluding carboxylic acids is 2. The van der Waals surface area contributed by atoms with E-state index in [-0.39, 0.29) is 32.6 Å². The Labute approximate surface area is 407 Å². The molecule has 0 aliphatic rings. The van der Waals surface area contributed by atoms with E-state index in [2.05, 4.69) is 62.5 Å². The molecule has 10 heteroatoms. The monoisotopic (exact) mass is 950 g/mol. The van der Waals surface area contributed by atoms with Crippen molar-refractivity contribution in [3.63, 3.8) is 0 Å². The van der Waals surface area contributed by atoms with Crippen molar-refractivity contribution >= 4 is 19.8 Å². The Morgan fingerprint density at radius 1 is 0.455 bits per heavy atom. The van der Waals surface area contributed by atoms with Gasteiger partial charge in [0.2, 0.25) is 0 Å². The van der Waals surface area contributed by atoms with Gasteiger partial charge in [-0.1, -0.05) is 229 Å². The van der Waals surface area contributed by atoms with Gasteiger partial charge in [-0.3, -0.25) is 18.6 Å². The number of esters is 2. The van der Waals surface area contributed by atoms with E-state index in [4.69, 9.17) is 24.3 Å². The number of unbranched alkanes of at least 4 members (excludes halogenated alkanes) is 31. The zero-order valence-electron chi connectivity index (χ0n) is 42.9. The van der Waals surface area contributed by atoms with Crippen LogP contribution in [0.1, 0.15) is 264 Å². The molecule has 0 heterocycles. The second kappa shape index (κ2) is 52.3. The van der Waals surface area contributed by atoms with Crippen molar-refractivity contribution in [1.82, 2.24) is 0 Å². The third-order valence-electron chi connectivity index (χ3n) is 11.9. The number of nitrogens with two attached hydrogens (primary N) is 1. The lowest BCUT2D eigenvalue weighted by atomic mass is 10.0. The van der Waals surface area contributed by atoms with Crippen molar-refractivity contribution in [3.8, 4) is 0 Å². The fraction of sp³-hybridized carbons (Fsp3) is 0.821. The van der Waals surface area contributed by atoms with E-state index in [0.29, 0.717) is 12.8 Å². The summed E-state index contributed by atoms with van der Waals surface area (Å²) in [4.78, 5) is 35.0. The van der Waals surface area contributed by atoms with Crippen LogP contribution in [-0.4, -0.2) is 49.3 Å². The van der Waals surface area contributed by atoms with Gasteiger partial charge in [-0.05, 0) is 70.6 Å². The van der Waals surface area contributed by atoms with E-state index in [9.17, 15) is 19.0 Å². The first-order valence-electron chi connectivity index (χ1n) is 27.6. The van der Waals surface area contributed by atoms with Crippen molar-refractivity contribution in [2.75, 3.05) is 26.4 Å². The number of hydrogen-bond acceptors (Lipinski definition) is 8. The van der Waals surface area contributed by atoms with Crippen LogP contribution >= 0.6 is 7.82 Å². The highest BCUT2D eigenvalue weighted by Crippen LogP contribution is 2.43. The number of carbonyl (C=O) groups is 2. The summed E-state index contributed by atoms with van der Waals surface area (Å²) in [6.07, 6.45) is 63.2. The number of allylic oxidation sites excluding steroid dienone is 8. The summed E-state index contributed by atoms with van der Waals surface area (Å²) in [7, 11) is -4.39. The largest absolute Gasteiger partial charge is 0.472 e. The summed E-state index contributed by atoms with van der Waals surface area (Å²) in [6.45, 7) is 3.70. The molecule has 0 aromatic carbocycles. The maximum Gasteiger partial charge on any atom is 0.472 e. The molecule has 2 atom stereocenters. The van der Waals surface area contributed by atoms with E-state index >= 15 is 0 Å². The van der Waals surface area contributed by atoms with Gasteiger partial charge >= 0.3 is 19.8 Å². The van der Waals surface area contributed by atoms with Gasteiger partial charge in [-0.2, -0.15) is 0 Å². The summed E-state index contributed by atoms with van der Waals surface area (Å²) in [5.41, 5.74) is 5.37. The van der Waals surface area contributed by atoms with Gasteiger partial charge < -0.3 is 20.1 Å². The molecule has 9 nitrogen and oxygen atoms in total. The van der Waals surface area contributed by atoms with E-state index in [1.165, 1.54) is 161 Å². The highest BCUT2D eigenvalue weighted by molar-refractivity contribution is 7.47. The Balaban J connectivity index is 3.89. The zero-order valence-corrected chi connectivity index (χ0v) is 43.8. The van der Waals surface area contributed by atoms with Crippen LogP contribution in [0, 0.1) is 0 Å². The Bertz CT molecular complexity index is 1220. The molecule has 0 aromatic heterocycles. The average Bonchev–Trinajstić information content (AvgIpc) is 3.31. The molecule has 0 aromatic rings. The maximum absolute atomic E-state index is 12.7. The van der Waals surface area contributed by atoms with Crippen LogP contribution in [0.25, 0.3) is 0 Å². The average molecular weight is 950 g/mol. The van der Waals surface area contributed by atoms with Crippen molar-refractivity contribution < 1.29 is 37.6 Å². The molecular weight excluding hydrogens is 846 g/mol. The molecule has 0 fully saturated rings. The van der Waals surface area contributed by atoms with Gasteiger partial charge in [0.25, 0.3) is 0 Å². The van der Waals surface area contributed by atoms with Crippen LogP contribution in [0.2, 0.25) is 0 Å².